The van der Waals surface area contributed by atoms with Crippen LogP contribution in [-0.4, -0.2) is 50.9 Å². The Morgan fingerprint density at radius 3 is 2.66 bits per heavy atom. The van der Waals surface area contributed by atoms with E-state index in [0.717, 1.165) is 31.0 Å². The molecule has 0 bridgehead atoms. The van der Waals surface area contributed by atoms with E-state index in [4.69, 9.17) is 4.74 Å². The number of benzene rings is 2. The highest BCUT2D eigenvalue weighted by molar-refractivity contribution is 14.0. The Labute approximate surface area is 190 Å². The molecular formula is C22H31IN4O2. The average molecular weight is 510 g/mol. The zero-order valence-electron chi connectivity index (χ0n) is 17.3. The normalized spacial score (nSPS) is 16.3. The number of aliphatic imine (C=N–C) groups is 1. The Kier molecular flexibility index (Phi) is 8.88. The van der Waals surface area contributed by atoms with Crippen molar-refractivity contribution in [3.05, 3.63) is 53.6 Å². The molecule has 7 heteroatoms. The molecule has 1 aliphatic rings. The van der Waals surface area contributed by atoms with Gasteiger partial charge in [0.05, 0.1) is 7.11 Å². The first-order chi connectivity index (χ1) is 13.6. The van der Waals surface area contributed by atoms with E-state index in [-0.39, 0.29) is 29.7 Å². The molecule has 0 amide bonds. The number of guanidine groups is 1. The quantitative estimate of drug-likeness (QED) is 0.316. The Morgan fingerprint density at radius 1 is 1.24 bits per heavy atom. The second-order valence-electron chi connectivity index (χ2n) is 7.16. The highest BCUT2D eigenvalue weighted by atomic mass is 127. The van der Waals surface area contributed by atoms with Gasteiger partial charge in [-0.25, -0.2) is 0 Å². The predicted molar refractivity (Wildman–Crippen MR) is 130 cm³/mol. The number of aryl methyl sites for hydroxylation is 1. The van der Waals surface area contributed by atoms with Crippen LogP contribution in [0, 0.1) is 6.92 Å². The van der Waals surface area contributed by atoms with Crippen LogP contribution in [0.2, 0.25) is 0 Å². The molecule has 0 spiro atoms. The first kappa shape index (κ1) is 23.1. The summed E-state index contributed by atoms with van der Waals surface area (Å²) < 4.78 is 5.12. The zero-order valence-corrected chi connectivity index (χ0v) is 19.6. The molecule has 1 heterocycles. The number of ether oxygens (including phenoxy) is 1. The van der Waals surface area contributed by atoms with Crippen LogP contribution in [0.3, 0.4) is 0 Å². The summed E-state index contributed by atoms with van der Waals surface area (Å²) in [6.45, 7) is 4.80. The lowest BCUT2D eigenvalue weighted by molar-refractivity contribution is 0.406. The molecule has 3 rings (SSSR count). The van der Waals surface area contributed by atoms with Crippen molar-refractivity contribution in [1.82, 2.24) is 10.6 Å². The molecule has 1 saturated heterocycles. The molecule has 0 aromatic heterocycles. The third-order valence-electron chi connectivity index (χ3n) is 5.13. The van der Waals surface area contributed by atoms with Crippen LogP contribution in [0.15, 0.2) is 47.5 Å². The lowest BCUT2D eigenvalue weighted by Crippen LogP contribution is -2.45. The van der Waals surface area contributed by atoms with Crippen molar-refractivity contribution in [2.75, 3.05) is 38.7 Å². The van der Waals surface area contributed by atoms with Crippen LogP contribution in [0.4, 0.5) is 5.69 Å². The second kappa shape index (κ2) is 11.1. The van der Waals surface area contributed by atoms with Crippen LogP contribution < -0.4 is 20.3 Å². The number of rotatable bonds is 6. The molecule has 1 fully saturated rings. The van der Waals surface area contributed by atoms with E-state index in [1.165, 1.54) is 11.3 Å². The Morgan fingerprint density at radius 2 is 2.00 bits per heavy atom. The number of methoxy groups -OCH3 is 1. The van der Waals surface area contributed by atoms with E-state index < -0.39 is 0 Å². The van der Waals surface area contributed by atoms with Crippen LogP contribution in [0.1, 0.15) is 17.5 Å². The number of halogens is 1. The van der Waals surface area contributed by atoms with Gasteiger partial charge in [0.25, 0.3) is 0 Å². The van der Waals surface area contributed by atoms with Crippen LogP contribution in [-0.2, 0) is 6.42 Å². The molecular weight excluding hydrogens is 479 g/mol. The van der Waals surface area contributed by atoms with E-state index >= 15 is 0 Å². The number of phenols is 1. The van der Waals surface area contributed by atoms with Crippen molar-refractivity contribution in [3.63, 3.8) is 0 Å². The van der Waals surface area contributed by atoms with Gasteiger partial charge in [-0.3, -0.25) is 4.99 Å². The first-order valence-electron chi connectivity index (χ1n) is 9.73. The van der Waals surface area contributed by atoms with Crippen molar-refractivity contribution < 1.29 is 9.84 Å². The fourth-order valence-corrected chi connectivity index (χ4v) is 3.45. The third-order valence-corrected chi connectivity index (χ3v) is 5.13. The number of phenolic OH excluding ortho intramolecular Hbond substituents is 1. The zero-order chi connectivity index (χ0) is 19.9. The summed E-state index contributed by atoms with van der Waals surface area (Å²) in [5, 5.41) is 16.9. The minimum Gasteiger partial charge on any atom is -0.508 e. The molecule has 2 aromatic rings. The minimum atomic E-state index is 0. The molecule has 3 N–H and O–H groups in total. The standard InChI is InChI=1S/C22H30N4O2.HI/c1-16-4-7-19(8-5-16)26-13-11-18(15-26)25-22(23-2)24-12-10-17-6-9-20(28-3)14-21(17)27;/h4-9,14,18,27H,10-13,15H2,1-3H3,(H2,23,24,25);1H. The molecule has 6 nitrogen and oxygen atoms in total. The van der Waals surface area contributed by atoms with Crippen molar-refractivity contribution in [1.29, 1.82) is 0 Å². The summed E-state index contributed by atoms with van der Waals surface area (Å²) in [6, 6.07) is 14.4. The number of hydrogen-bond acceptors (Lipinski definition) is 4. The van der Waals surface area contributed by atoms with Crippen LogP contribution >= 0.6 is 24.0 Å². The van der Waals surface area contributed by atoms with Gasteiger partial charge in [-0.2, -0.15) is 0 Å². The molecule has 0 radical (unpaired) electrons. The van der Waals surface area contributed by atoms with Gasteiger partial charge in [0.2, 0.25) is 0 Å². The first-order valence-corrected chi connectivity index (χ1v) is 9.73. The van der Waals surface area contributed by atoms with E-state index in [2.05, 4.69) is 51.7 Å². The number of nitrogens with zero attached hydrogens (tertiary/aromatic N) is 2. The number of nitrogens with one attached hydrogen (secondary N) is 2. The lowest BCUT2D eigenvalue weighted by Gasteiger charge is -2.20. The third kappa shape index (κ3) is 6.42. The highest BCUT2D eigenvalue weighted by Crippen LogP contribution is 2.23. The summed E-state index contributed by atoms with van der Waals surface area (Å²) in [4.78, 5) is 6.74. The van der Waals surface area contributed by atoms with Gasteiger partial charge < -0.3 is 25.4 Å². The smallest absolute Gasteiger partial charge is 0.191 e. The van der Waals surface area contributed by atoms with Gasteiger partial charge in [-0.15, -0.1) is 24.0 Å². The highest BCUT2D eigenvalue weighted by Gasteiger charge is 2.23. The molecule has 2 aromatic carbocycles. The average Bonchev–Trinajstić information content (AvgIpc) is 3.17. The number of aromatic hydroxyl groups is 1. The van der Waals surface area contributed by atoms with E-state index in [0.29, 0.717) is 24.8 Å². The maximum atomic E-state index is 10.1. The minimum absolute atomic E-state index is 0. The van der Waals surface area contributed by atoms with Gasteiger partial charge in [0, 0.05) is 44.5 Å². The van der Waals surface area contributed by atoms with Crippen molar-refractivity contribution in [2.24, 2.45) is 4.99 Å². The predicted octanol–water partition coefficient (Wildman–Crippen LogP) is 3.31. The summed E-state index contributed by atoms with van der Waals surface area (Å²) in [5.74, 6) is 1.71. The largest absolute Gasteiger partial charge is 0.508 e. The second-order valence-corrected chi connectivity index (χ2v) is 7.16. The summed E-state index contributed by atoms with van der Waals surface area (Å²) in [6.07, 6.45) is 1.78. The van der Waals surface area contributed by atoms with Crippen LogP contribution in [0.25, 0.3) is 0 Å². The van der Waals surface area contributed by atoms with Crippen molar-refractivity contribution in [2.45, 2.75) is 25.8 Å². The van der Waals surface area contributed by atoms with Crippen LogP contribution in [0.5, 0.6) is 11.5 Å². The topological polar surface area (TPSA) is 69.1 Å². The SMILES string of the molecule is CN=C(NCCc1ccc(OC)cc1O)NC1CCN(c2ccc(C)cc2)C1.I. The number of hydrogen-bond donors (Lipinski definition) is 3. The summed E-state index contributed by atoms with van der Waals surface area (Å²) >= 11 is 0. The van der Waals surface area contributed by atoms with Gasteiger partial charge >= 0.3 is 0 Å². The maximum absolute atomic E-state index is 10.1. The molecule has 1 unspecified atom stereocenters. The van der Waals surface area contributed by atoms with Gasteiger partial charge in [0.15, 0.2) is 5.96 Å². The Hall–Kier alpha value is -2.16. The monoisotopic (exact) mass is 510 g/mol. The lowest BCUT2D eigenvalue weighted by atomic mass is 10.1. The molecule has 0 saturated carbocycles. The fraction of sp³-hybridized carbons (Fsp3) is 0.409. The molecule has 1 aliphatic heterocycles. The Balaban J connectivity index is 0.00000300. The van der Waals surface area contributed by atoms with Crippen molar-refractivity contribution >= 4 is 35.6 Å². The van der Waals surface area contributed by atoms with Gasteiger partial charge in [-0.1, -0.05) is 23.8 Å². The van der Waals surface area contributed by atoms with E-state index in [9.17, 15) is 5.11 Å². The molecule has 0 aliphatic carbocycles. The molecule has 158 valence electrons. The number of anilines is 1. The maximum Gasteiger partial charge on any atom is 0.191 e. The van der Waals surface area contributed by atoms with E-state index in [1.807, 2.05) is 12.1 Å². The fourth-order valence-electron chi connectivity index (χ4n) is 3.45. The van der Waals surface area contributed by atoms with E-state index in [1.54, 1.807) is 20.2 Å². The molecule has 1 atom stereocenters. The van der Waals surface area contributed by atoms with Crippen molar-refractivity contribution in [3.8, 4) is 11.5 Å². The molecule has 29 heavy (non-hydrogen) atoms. The Bertz CT molecular complexity index is 811. The van der Waals surface area contributed by atoms with Gasteiger partial charge in [-0.05, 0) is 43.5 Å². The summed E-state index contributed by atoms with van der Waals surface area (Å²) in [5.41, 5.74) is 3.44. The summed E-state index contributed by atoms with van der Waals surface area (Å²) in [7, 11) is 3.38. The van der Waals surface area contributed by atoms with Gasteiger partial charge in [0.1, 0.15) is 11.5 Å².